The van der Waals surface area contributed by atoms with E-state index in [2.05, 4.69) is 4.90 Å². The molecule has 0 aliphatic heterocycles. The molecule has 1 aromatic carbocycles. The standard InChI is InChI=1S/C16H24F2N2O/c17-14-7-3-6-13(16(14)18)15(19)8-9-20(10-11-21)12-4-1-2-5-12/h3,6-7,12,15,21H,1-2,4-5,8-11,19H2. The van der Waals surface area contributed by atoms with Crippen LogP contribution in [0.25, 0.3) is 0 Å². The fraction of sp³-hybridized carbons (Fsp3) is 0.625. The van der Waals surface area contributed by atoms with Gasteiger partial charge in [0.25, 0.3) is 0 Å². The lowest BCUT2D eigenvalue weighted by Gasteiger charge is -2.29. The van der Waals surface area contributed by atoms with Gasteiger partial charge >= 0.3 is 0 Å². The number of hydrogen-bond donors (Lipinski definition) is 2. The average Bonchev–Trinajstić information content (AvgIpc) is 3.00. The van der Waals surface area contributed by atoms with Crippen molar-refractivity contribution in [1.29, 1.82) is 0 Å². The van der Waals surface area contributed by atoms with Crippen molar-refractivity contribution < 1.29 is 13.9 Å². The maximum atomic E-state index is 13.7. The van der Waals surface area contributed by atoms with Crippen LogP contribution in [0.5, 0.6) is 0 Å². The van der Waals surface area contributed by atoms with Crippen LogP contribution in [0.3, 0.4) is 0 Å². The minimum absolute atomic E-state index is 0.111. The molecule has 3 N–H and O–H groups in total. The quantitative estimate of drug-likeness (QED) is 0.813. The van der Waals surface area contributed by atoms with Crippen LogP contribution >= 0.6 is 0 Å². The molecule has 5 heteroatoms. The molecule has 0 amide bonds. The monoisotopic (exact) mass is 298 g/mol. The number of halogens is 2. The molecule has 118 valence electrons. The minimum atomic E-state index is -0.856. The highest BCUT2D eigenvalue weighted by Crippen LogP contribution is 2.25. The van der Waals surface area contributed by atoms with E-state index in [1.807, 2.05) is 0 Å². The Balaban J connectivity index is 1.94. The molecule has 1 aliphatic carbocycles. The van der Waals surface area contributed by atoms with Crippen molar-refractivity contribution >= 4 is 0 Å². The molecule has 0 bridgehead atoms. The summed E-state index contributed by atoms with van der Waals surface area (Å²) >= 11 is 0. The van der Waals surface area contributed by atoms with Crippen LogP contribution in [0.2, 0.25) is 0 Å². The van der Waals surface area contributed by atoms with E-state index >= 15 is 0 Å². The average molecular weight is 298 g/mol. The van der Waals surface area contributed by atoms with Gasteiger partial charge in [0.1, 0.15) is 0 Å². The number of nitrogens with two attached hydrogens (primary N) is 1. The number of hydrogen-bond acceptors (Lipinski definition) is 3. The highest BCUT2D eigenvalue weighted by atomic mass is 19.2. The Morgan fingerprint density at radius 3 is 2.62 bits per heavy atom. The first-order valence-corrected chi connectivity index (χ1v) is 7.68. The normalized spacial score (nSPS) is 17.6. The van der Waals surface area contributed by atoms with Crippen LogP contribution in [0.1, 0.15) is 43.7 Å². The Bertz CT molecular complexity index is 450. The van der Waals surface area contributed by atoms with Gasteiger partial charge in [-0.05, 0) is 25.3 Å². The first kappa shape index (κ1) is 16.3. The third-order valence-corrected chi connectivity index (χ3v) is 4.34. The molecule has 0 heterocycles. The van der Waals surface area contributed by atoms with Gasteiger partial charge in [0.05, 0.1) is 6.61 Å². The molecule has 0 spiro atoms. The van der Waals surface area contributed by atoms with Crippen molar-refractivity contribution in [3.8, 4) is 0 Å². The lowest BCUT2D eigenvalue weighted by molar-refractivity contribution is 0.147. The minimum Gasteiger partial charge on any atom is -0.395 e. The highest BCUT2D eigenvalue weighted by Gasteiger charge is 2.23. The Labute approximate surface area is 124 Å². The number of aliphatic hydroxyl groups is 1. The van der Waals surface area contributed by atoms with Crippen LogP contribution < -0.4 is 5.73 Å². The molecule has 1 aliphatic rings. The number of benzene rings is 1. The molecule has 0 aromatic heterocycles. The maximum Gasteiger partial charge on any atom is 0.163 e. The van der Waals surface area contributed by atoms with E-state index in [1.54, 1.807) is 0 Å². The second kappa shape index (κ2) is 7.82. The zero-order valence-electron chi connectivity index (χ0n) is 12.3. The van der Waals surface area contributed by atoms with E-state index in [4.69, 9.17) is 5.73 Å². The fourth-order valence-electron chi connectivity index (χ4n) is 3.14. The van der Waals surface area contributed by atoms with Gasteiger partial charge < -0.3 is 10.8 Å². The van der Waals surface area contributed by atoms with E-state index in [9.17, 15) is 13.9 Å². The lowest BCUT2D eigenvalue weighted by atomic mass is 10.0. The molecular formula is C16H24F2N2O. The predicted molar refractivity (Wildman–Crippen MR) is 78.8 cm³/mol. The van der Waals surface area contributed by atoms with Crippen molar-refractivity contribution in [3.63, 3.8) is 0 Å². The van der Waals surface area contributed by atoms with Crippen LogP contribution in [0.15, 0.2) is 18.2 Å². The Hall–Kier alpha value is -1.04. The topological polar surface area (TPSA) is 49.5 Å². The van der Waals surface area contributed by atoms with Gasteiger partial charge in [-0.15, -0.1) is 0 Å². The molecule has 21 heavy (non-hydrogen) atoms. The first-order chi connectivity index (χ1) is 10.1. The Morgan fingerprint density at radius 1 is 1.24 bits per heavy atom. The lowest BCUT2D eigenvalue weighted by Crippen LogP contribution is -2.37. The largest absolute Gasteiger partial charge is 0.395 e. The smallest absolute Gasteiger partial charge is 0.163 e. The molecule has 0 saturated heterocycles. The summed E-state index contributed by atoms with van der Waals surface area (Å²) in [5, 5.41) is 9.18. The summed E-state index contributed by atoms with van der Waals surface area (Å²) in [4.78, 5) is 2.23. The van der Waals surface area contributed by atoms with Crippen molar-refractivity contribution in [3.05, 3.63) is 35.4 Å². The SMILES string of the molecule is NC(CCN(CCO)C1CCCC1)c1cccc(F)c1F. The number of rotatable bonds is 7. The molecular weight excluding hydrogens is 274 g/mol. The summed E-state index contributed by atoms with van der Waals surface area (Å²) in [5.41, 5.74) is 6.24. The van der Waals surface area contributed by atoms with Gasteiger partial charge in [0.15, 0.2) is 11.6 Å². The van der Waals surface area contributed by atoms with Gasteiger partial charge in [-0.25, -0.2) is 8.78 Å². The van der Waals surface area contributed by atoms with Gasteiger partial charge in [-0.3, -0.25) is 4.90 Å². The molecule has 3 nitrogen and oxygen atoms in total. The van der Waals surface area contributed by atoms with E-state index < -0.39 is 17.7 Å². The van der Waals surface area contributed by atoms with Crippen LogP contribution in [0.4, 0.5) is 8.78 Å². The van der Waals surface area contributed by atoms with Crippen LogP contribution in [0, 0.1) is 11.6 Å². The molecule has 2 rings (SSSR count). The van der Waals surface area contributed by atoms with E-state index in [0.717, 1.165) is 18.9 Å². The third-order valence-electron chi connectivity index (χ3n) is 4.34. The summed E-state index contributed by atoms with van der Waals surface area (Å²) in [6.45, 7) is 1.42. The van der Waals surface area contributed by atoms with Crippen molar-refractivity contribution in [2.24, 2.45) is 5.73 Å². The summed E-state index contributed by atoms with van der Waals surface area (Å²) in [6, 6.07) is 4.08. The van der Waals surface area contributed by atoms with Crippen LogP contribution in [-0.2, 0) is 0 Å². The summed E-state index contributed by atoms with van der Waals surface area (Å²) < 4.78 is 26.9. The maximum absolute atomic E-state index is 13.7. The predicted octanol–water partition coefficient (Wildman–Crippen LogP) is 2.59. The van der Waals surface area contributed by atoms with E-state index in [-0.39, 0.29) is 12.2 Å². The van der Waals surface area contributed by atoms with Gasteiger partial charge in [0.2, 0.25) is 0 Å². The summed E-state index contributed by atoms with van der Waals surface area (Å²) in [7, 11) is 0. The van der Waals surface area contributed by atoms with E-state index in [1.165, 1.54) is 25.0 Å². The highest BCUT2D eigenvalue weighted by molar-refractivity contribution is 5.22. The third kappa shape index (κ3) is 4.22. The molecule has 1 fully saturated rings. The Kier molecular flexibility index (Phi) is 6.08. The van der Waals surface area contributed by atoms with Crippen molar-refractivity contribution in [2.45, 2.75) is 44.2 Å². The number of nitrogens with zero attached hydrogens (tertiary/aromatic N) is 1. The zero-order chi connectivity index (χ0) is 15.2. The zero-order valence-corrected chi connectivity index (χ0v) is 12.3. The summed E-state index contributed by atoms with van der Waals surface area (Å²) in [6.07, 6.45) is 5.28. The molecule has 1 atom stereocenters. The molecule has 1 saturated carbocycles. The second-order valence-corrected chi connectivity index (χ2v) is 5.74. The van der Waals surface area contributed by atoms with Gasteiger partial charge in [0, 0.05) is 30.7 Å². The Morgan fingerprint density at radius 2 is 1.95 bits per heavy atom. The molecule has 1 unspecified atom stereocenters. The molecule has 0 radical (unpaired) electrons. The second-order valence-electron chi connectivity index (χ2n) is 5.74. The first-order valence-electron chi connectivity index (χ1n) is 7.68. The van der Waals surface area contributed by atoms with Crippen LogP contribution in [-0.4, -0.2) is 35.7 Å². The number of aliphatic hydroxyl groups excluding tert-OH is 1. The molecule has 1 aromatic rings. The van der Waals surface area contributed by atoms with E-state index in [0.29, 0.717) is 25.6 Å². The fourth-order valence-corrected chi connectivity index (χ4v) is 3.14. The van der Waals surface area contributed by atoms with Crippen molar-refractivity contribution in [1.82, 2.24) is 4.90 Å². The van der Waals surface area contributed by atoms with Gasteiger partial charge in [-0.2, -0.15) is 0 Å². The van der Waals surface area contributed by atoms with Crippen molar-refractivity contribution in [2.75, 3.05) is 19.7 Å². The van der Waals surface area contributed by atoms with Gasteiger partial charge in [-0.1, -0.05) is 25.0 Å². The summed E-state index contributed by atoms with van der Waals surface area (Å²) in [5.74, 6) is -1.70.